The number of hydrogen-bond acceptors (Lipinski definition) is 0. The van der Waals surface area contributed by atoms with Gasteiger partial charge in [0.2, 0.25) is 0 Å². The number of fused-ring (bicyclic) bond motifs is 9. The van der Waals surface area contributed by atoms with Gasteiger partial charge < -0.3 is 9.05 Å². The maximum absolute atomic E-state index is 4.55. The summed E-state index contributed by atoms with van der Waals surface area (Å²) in [6, 6.07) is 30.8. The minimum Gasteiger partial charge on any atom is -0.375 e. The molecule has 33 heavy (non-hydrogen) atoms. The summed E-state index contributed by atoms with van der Waals surface area (Å²) in [5, 5.41) is 6.05. The summed E-state index contributed by atoms with van der Waals surface area (Å²) < 4.78 is 4.95. The fourth-order valence-electron chi connectivity index (χ4n) is 6.43. The lowest BCUT2D eigenvalue weighted by molar-refractivity contribution is 1.06. The van der Waals surface area contributed by atoms with Crippen molar-refractivity contribution < 1.29 is 0 Å². The van der Waals surface area contributed by atoms with E-state index in [2.05, 4.69) is 113 Å². The topological polar surface area (TPSA) is 9.86 Å². The van der Waals surface area contributed by atoms with Gasteiger partial charge in [-0.15, -0.1) is 0 Å². The minimum absolute atomic E-state index is 0.0586. The summed E-state index contributed by atoms with van der Waals surface area (Å²) in [6.45, 7) is 8.92. The van der Waals surface area contributed by atoms with Gasteiger partial charge in [0.1, 0.15) is 0 Å². The molecule has 3 heteroatoms. The first kappa shape index (κ1) is 17.3. The molecule has 8 rings (SSSR count). The highest BCUT2D eigenvalue weighted by Crippen LogP contribution is 2.41. The zero-order valence-electron chi connectivity index (χ0n) is 18.0. The van der Waals surface area contributed by atoms with Crippen molar-refractivity contribution in [2.24, 2.45) is 0 Å². The fraction of sp³-hybridized carbons (Fsp3) is 0. The van der Waals surface area contributed by atoms with Crippen molar-refractivity contribution in [1.82, 2.24) is 9.05 Å². The Labute approximate surface area is 191 Å². The summed E-state index contributed by atoms with van der Waals surface area (Å²) in [5.74, 6) is 0. The first-order chi connectivity index (χ1) is 16.3. The molecule has 0 saturated heterocycles. The van der Waals surface area contributed by atoms with Gasteiger partial charge in [0.05, 0.1) is 10.9 Å². The van der Waals surface area contributed by atoms with Gasteiger partial charge in [0.25, 0.3) is 0 Å². The van der Waals surface area contributed by atoms with Crippen LogP contribution in [0.4, 0.5) is 0 Å². The second-order valence-corrected chi connectivity index (χ2v) is 9.07. The lowest BCUT2D eigenvalue weighted by Gasteiger charge is -2.33. The fourth-order valence-corrected chi connectivity index (χ4v) is 6.43. The Morgan fingerprint density at radius 3 is 2.24 bits per heavy atom. The predicted molar refractivity (Wildman–Crippen MR) is 141 cm³/mol. The molecular weight excluding hydrogens is 399 g/mol. The maximum atomic E-state index is 4.55. The number of para-hydroxylation sites is 3. The number of hydrogen-bond donors (Lipinski definition) is 0. The Morgan fingerprint density at radius 1 is 0.697 bits per heavy atom. The normalized spacial score (nSPS) is 13.6. The summed E-state index contributed by atoms with van der Waals surface area (Å²) in [6.07, 6.45) is 2.05. The Kier molecular flexibility index (Phi) is 3.03. The zero-order valence-corrected chi connectivity index (χ0v) is 18.0. The van der Waals surface area contributed by atoms with Crippen LogP contribution in [0, 0.1) is 0 Å². The standard InChI is InChI=1S/C30H19BN2/c1-3-24-29-18(2)19-10-4-6-15-25(19)32(29)27-17-9-12-21-23-14-8-13-22-20-11-5-7-16-26(20)33(30(22)23)31(24)28(21)27/h3-17H,1-2H2. The first-order valence-corrected chi connectivity index (χ1v) is 11.4. The molecular formula is C30H19BN2. The lowest BCUT2D eigenvalue weighted by Crippen LogP contribution is -2.53. The van der Waals surface area contributed by atoms with E-state index in [4.69, 9.17) is 0 Å². The van der Waals surface area contributed by atoms with Gasteiger partial charge in [-0.2, -0.15) is 0 Å². The van der Waals surface area contributed by atoms with Gasteiger partial charge in [-0.25, -0.2) is 0 Å². The van der Waals surface area contributed by atoms with Crippen LogP contribution in [0.5, 0.6) is 0 Å². The third-order valence-electron chi connectivity index (χ3n) is 7.64. The van der Waals surface area contributed by atoms with E-state index in [9.17, 15) is 0 Å². The van der Waals surface area contributed by atoms with Gasteiger partial charge in [-0.1, -0.05) is 86.0 Å². The van der Waals surface area contributed by atoms with Gasteiger partial charge in [-0.3, -0.25) is 0 Å². The summed E-state index contributed by atoms with van der Waals surface area (Å²) in [4.78, 5) is 0. The molecule has 0 radical (unpaired) electrons. The van der Waals surface area contributed by atoms with E-state index in [-0.39, 0.29) is 6.85 Å². The van der Waals surface area contributed by atoms with E-state index in [0.717, 1.165) is 5.22 Å². The number of nitrogens with zero attached hydrogens (tertiary/aromatic N) is 2. The van der Waals surface area contributed by atoms with Crippen LogP contribution in [0.1, 0.15) is 0 Å². The van der Waals surface area contributed by atoms with E-state index in [0.29, 0.717) is 0 Å². The molecule has 0 atom stereocenters. The molecule has 0 unspecified atom stereocenters. The van der Waals surface area contributed by atoms with Crippen molar-refractivity contribution >= 4 is 57.1 Å². The minimum atomic E-state index is 0.0586. The van der Waals surface area contributed by atoms with Crippen LogP contribution in [0.2, 0.25) is 0 Å². The third-order valence-corrected chi connectivity index (χ3v) is 7.64. The number of aromatic nitrogens is 2. The van der Waals surface area contributed by atoms with E-state index >= 15 is 0 Å². The largest absolute Gasteiger partial charge is 0.375 e. The molecule has 2 aliphatic rings. The molecule has 152 valence electrons. The molecule has 0 fully saturated rings. The molecule has 6 aromatic rings. The third kappa shape index (κ3) is 1.85. The van der Waals surface area contributed by atoms with Crippen LogP contribution in [0.3, 0.4) is 0 Å². The highest BCUT2D eigenvalue weighted by atomic mass is 15.0. The van der Waals surface area contributed by atoms with Gasteiger partial charge in [-0.05, 0) is 34.7 Å². The van der Waals surface area contributed by atoms with E-state index in [1.807, 2.05) is 0 Å². The van der Waals surface area contributed by atoms with Gasteiger partial charge >= 0.3 is 6.85 Å². The SMILES string of the molecule is C=CC1=c2c(=C)c3ccccc3n2-c2cccc3c2B1n1c2ccccc2c2cccc-3c21. The average Bonchev–Trinajstić information content (AvgIpc) is 3.36. The maximum Gasteiger partial charge on any atom is 0.333 e. The molecule has 0 bridgehead atoms. The van der Waals surface area contributed by atoms with Crippen molar-refractivity contribution in [3.8, 4) is 16.8 Å². The second kappa shape index (κ2) is 5.76. The van der Waals surface area contributed by atoms with Gasteiger partial charge in [0.15, 0.2) is 0 Å². The molecule has 0 spiro atoms. The average molecular weight is 418 g/mol. The quantitative estimate of drug-likeness (QED) is 0.341. The molecule has 2 aliphatic heterocycles. The Hall–Kier alpha value is -4.24. The molecule has 0 saturated carbocycles. The molecule has 0 amide bonds. The highest BCUT2D eigenvalue weighted by molar-refractivity contribution is 6.92. The molecule has 0 aliphatic carbocycles. The monoisotopic (exact) mass is 418 g/mol. The Morgan fingerprint density at radius 2 is 1.39 bits per heavy atom. The Bertz CT molecular complexity index is 1970. The van der Waals surface area contributed by atoms with Crippen molar-refractivity contribution in [1.29, 1.82) is 0 Å². The first-order valence-electron chi connectivity index (χ1n) is 11.4. The molecule has 2 nitrogen and oxygen atoms in total. The van der Waals surface area contributed by atoms with Crippen molar-refractivity contribution in [3.63, 3.8) is 0 Å². The van der Waals surface area contributed by atoms with Crippen LogP contribution in [-0.4, -0.2) is 15.9 Å². The van der Waals surface area contributed by atoms with Crippen LogP contribution in [-0.2, 0) is 0 Å². The van der Waals surface area contributed by atoms with Crippen molar-refractivity contribution in [2.45, 2.75) is 0 Å². The second-order valence-electron chi connectivity index (χ2n) is 9.07. The lowest BCUT2D eigenvalue weighted by atomic mass is 9.45. The van der Waals surface area contributed by atoms with Crippen LogP contribution < -0.4 is 16.0 Å². The van der Waals surface area contributed by atoms with Crippen LogP contribution in [0.15, 0.2) is 97.6 Å². The summed E-state index contributed by atoms with van der Waals surface area (Å²) in [5.41, 5.74) is 10.2. The number of rotatable bonds is 1. The zero-order chi connectivity index (χ0) is 21.8. The van der Waals surface area contributed by atoms with E-state index in [1.54, 1.807) is 0 Å². The molecule has 4 heterocycles. The van der Waals surface area contributed by atoms with E-state index in [1.165, 1.54) is 65.8 Å². The van der Waals surface area contributed by atoms with Crippen LogP contribution >= 0.6 is 0 Å². The predicted octanol–water partition coefficient (Wildman–Crippen LogP) is 4.77. The van der Waals surface area contributed by atoms with E-state index < -0.39 is 0 Å². The smallest absolute Gasteiger partial charge is 0.333 e. The molecule has 0 N–H and O–H groups in total. The van der Waals surface area contributed by atoms with Crippen molar-refractivity contribution in [2.75, 3.05) is 0 Å². The highest BCUT2D eigenvalue weighted by Gasteiger charge is 2.40. The number of allylic oxidation sites excluding steroid dienone is 1. The Balaban J connectivity index is 1.71. The molecule has 4 aromatic carbocycles. The summed E-state index contributed by atoms with van der Waals surface area (Å²) in [7, 11) is 0. The molecule has 2 aromatic heterocycles. The number of benzene rings is 4. The van der Waals surface area contributed by atoms with Gasteiger partial charge in [0, 0.05) is 43.7 Å². The summed E-state index contributed by atoms with van der Waals surface area (Å²) >= 11 is 0. The van der Waals surface area contributed by atoms with Crippen LogP contribution in [0.25, 0.3) is 61.6 Å². The van der Waals surface area contributed by atoms with Crippen molar-refractivity contribution in [3.05, 3.63) is 108 Å².